The molecule has 0 radical (unpaired) electrons. The summed E-state index contributed by atoms with van der Waals surface area (Å²) in [6.07, 6.45) is -10.4. The van der Waals surface area contributed by atoms with E-state index in [9.17, 15) is 26.3 Å². The van der Waals surface area contributed by atoms with Gasteiger partial charge in [0.2, 0.25) is 0 Å². The van der Waals surface area contributed by atoms with Gasteiger partial charge in [0.25, 0.3) is 0 Å². The third kappa shape index (κ3) is 12.6. The Morgan fingerprint density at radius 1 is 0.260 bits per heavy atom. The molecule has 0 bridgehead atoms. The van der Waals surface area contributed by atoms with Gasteiger partial charge in [0.1, 0.15) is 11.9 Å². The summed E-state index contributed by atoms with van der Waals surface area (Å²) in [6, 6.07) is 93.3. The predicted molar refractivity (Wildman–Crippen MR) is 297 cm³/mol. The summed E-state index contributed by atoms with van der Waals surface area (Å²) in [5, 5.41) is 41.9. The smallest absolute Gasteiger partial charge is 0.542 e. The van der Waals surface area contributed by atoms with Crippen molar-refractivity contribution in [2.45, 2.75) is 12.4 Å². The second-order valence-electron chi connectivity index (χ2n) is 17.2. The molecule has 0 unspecified atom stereocenters. The van der Waals surface area contributed by atoms with Crippen molar-refractivity contribution < 1.29 is 66.6 Å². The summed E-state index contributed by atoms with van der Waals surface area (Å²) in [7, 11) is -1.49. The summed E-state index contributed by atoms with van der Waals surface area (Å²) < 4.78 is 63.1. The van der Waals surface area contributed by atoms with E-state index in [2.05, 4.69) is 255 Å². The van der Waals surface area contributed by atoms with Crippen molar-refractivity contribution in [1.29, 1.82) is 0 Å². The van der Waals surface area contributed by atoms with E-state index < -0.39 is 40.1 Å². The van der Waals surface area contributed by atoms with Crippen LogP contribution >= 0.6 is 15.8 Å². The van der Waals surface area contributed by atoms with Gasteiger partial charge in [-0.15, -0.1) is 0 Å². The van der Waals surface area contributed by atoms with Crippen molar-refractivity contribution in [3.05, 3.63) is 255 Å². The molecule has 0 aromatic heterocycles. The van der Waals surface area contributed by atoms with Crippen molar-refractivity contribution in [2.75, 3.05) is 0 Å². The Labute approximate surface area is 455 Å². The largest absolute Gasteiger partial charge is 2.00 e. The number of carboxylic acids is 2. The van der Waals surface area contributed by atoms with Crippen LogP contribution in [0.25, 0.3) is 64.6 Å². The standard InChI is InChI=1S/2C30H21P.2C2HF3O2.Pd/c2*1-4-16-25-22(10-1)13-7-19-28(25)31(29-20-8-14-23-11-2-5-17-26(23)29)30-21-9-15-24-12-3-6-18-27(24)30;2*3-2(4,5)1(6)7;/h2*1-21H;2*(H,6,7);/q;;;;+2/p-2. The van der Waals surface area contributed by atoms with Crippen molar-refractivity contribution in [3.8, 4) is 0 Å². The predicted octanol–water partition coefficient (Wildman–Crippen LogP) is 12.4. The number of halogens is 6. The van der Waals surface area contributed by atoms with E-state index in [0.29, 0.717) is 0 Å². The van der Waals surface area contributed by atoms with Gasteiger partial charge in [-0.05, 0) is 112 Å². The molecule has 0 spiro atoms. The number of fused-ring (bicyclic) bond motifs is 6. The molecule has 12 rings (SSSR count). The molecule has 0 N–H and O–H groups in total. The molecule has 77 heavy (non-hydrogen) atoms. The number of alkyl halides is 6. The Hall–Kier alpha value is -7.76. The van der Waals surface area contributed by atoms with Crippen LogP contribution in [0.2, 0.25) is 0 Å². The first-order valence-corrected chi connectivity index (χ1v) is 26.4. The Morgan fingerprint density at radius 2 is 0.390 bits per heavy atom. The molecule has 4 nitrogen and oxygen atoms in total. The van der Waals surface area contributed by atoms with Gasteiger partial charge in [0.05, 0.1) is 0 Å². The molecule has 12 aromatic carbocycles. The van der Waals surface area contributed by atoms with E-state index >= 15 is 0 Å². The minimum absolute atomic E-state index is 0. The second kappa shape index (κ2) is 24.5. The van der Waals surface area contributed by atoms with Gasteiger partial charge in [-0.25, -0.2) is 0 Å². The van der Waals surface area contributed by atoms with E-state index in [4.69, 9.17) is 19.8 Å². The third-order valence-electron chi connectivity index (χ3n) is 12.5. The molecule has 0 atom stereocenters. The molecule has 0 amide bonds. The van der Waals surface area contributed by atoms with Gasteiger partial charge in [-0.2, -0.15) is 26.3 Å². The van der Waals surface area contributed by atoms with E-state index in [1.165, 1.54) is 96.5 Å². The zero-order valence-electron chi connectivity index (χ0n) is 40.4. The first kappa shape index (κ1) is 55.5. The van der Waals surface area contributed by atoms with Gasteiger partial charge in [-0.3, -0.25) is 0 Å². The molecular weight excluding hydrogens is 1120 g/mol. The monoisotopic (exact) mass is 1160 g/mol. The molecule has 0 saturated heterocycles. The molecule has 384 valence electrons. The minimum Gasteiger partial charge on any atom is -0.542 e. The van der Waals surface area contributed by atoms with Gasteiger partial charge in [0.15, 0.2) is 0 Å². The zero-order chi connectivity index (χ0) is 53.4. The molecule has 0 aliphatic rings. The fraction of sp³-hybridized carbons (Fsp3) is 0.0312. The van der Waals surface area contributed by atoms with Crippen LogP contribution in [0.15, 0.2) is 255 Å². The van der Waals surface area contributed by atoms with E-state index in [1.807, 2.05) is 0 Å². The van der Waals surface area contributed by atoms with Gasteiger partial charge < -0.3 is 19.8 Å². The fourth-order valence-corrected chi connectivity index (χ4v) is 14.8. The molecule has 0 aliphatic carbocycles. The number of carboxylic acid groups (broad SMARTS) is 2. The van der Waals surface area contributed by atoms with Crippen LogP contribution in [-0.4, -0.2) is 24.3 Å². The first-order chi connectivity index (χ1) is 36.7. The van der Waals surface area contributed by atoms with Crippen LogP contribution in [0.1, 0.15) is 0 Å². The van der Waals surface area contributed by atoms with Gasteiger partial charge >= 0.3 is 32.8 Å². The molecule has 0 aliphatic heterocycles. The molecule has 0 fully saturated rings. The Balaban J connectivity index is 0.000000162. The Bertz CT molecular complexity index is 3380. The number of carbonyl (C=O) groups is 2. The fourth-order valence-electron chi connectivity index (χ4n) is 9.20. The summed E-state index contributed by atoms with van der Waals surface area (Å²) in [5.41, 5.74) is 0. The first-order valence-electron chi connectivity index (χ1n) is 23.7. The molecule has 12 aromatic rings. The maximum Gasteiger partial charge on any atom is 2.00 e. The second-order valence-corrected chi connectivity index (χ2v) is 21.5. The number of carbonyl (C=O) groups excluding carboxylic acids is 2. The van der Waals surface area contributed by atoms with Crippen LogP contribution in [0, 0.1) is 0 Å². The van der Waals surface area contributed by atoms with Crippen molar-refractivity contribution in [3.63, 3.8) is 0 Å². The normalized spacial score (nSPS) is 11.3. The summed E-state index contributed by atoms with van der Waals surface area (Å²) in [5.74, 6) is -6.01. The average Bonchev–Trinajstić information content (AvgIpc) is 3.44. The molecule has 0 saturated carbocycles. The van der Waals surface area contributed by atoms with E-state index in [1.54, 1.807) is 0 Å². The summed E-state index contributed by atoms with van der Waals surface area (Å²) >= 11 is 0. The number of hydrogen-bond donors (Lipinski definition) is 0. The number of benzene rings is 12. The van der Waals surface area contributed by atoms with Crippen molar-refractivity contribution in [1.82, 2.24) is 0 Å². The zero-order valence-corrected chi connectivity index (χ0v) is 43.7. The number of rotatable bonds is 6. The Morgan fingerprint density at radius 3 is 0.532 bits per heavy atom. The Kier molecular flexibility index (Phi) is 17.6. The SMILES string of the molecule is O=C([O-])C(F)(F)F.O=C([O-])C(F)(F)F.[Pd+2].c1ccc2c(P(c3cccc4ccccc34)c3cccc4ccccc34)cccc2c1.c1ccc2c(P(c3cccc4ccccc34)c3cccc4ccccc34)cccc2c1. The maximum absolute atomic E-state index is 10.5. The van der Waals surface area contributed by atoms with Crippen LogP contribution in [-0.2, 0) is 30.0 Å². The summed E-state index contributed by atoms with van der Waals surface area (Å²) in [4.78, 5) is 17.6. The number of hydrogen-bond acceptors (Lipinski definition) is 4. The van der Waals surface area contributed by atoms with Crippen LogP contribution in [0.5, 0.6) is 0 Å². The topological polar surface area (TPSA) is 80.3 Å². The van der Waals surface area contributed by atoms with Gasteiger partial charge in [0, 0.05) is 0 Å². The van der Waals surface area contributed by atoms with Gasteiger partial charge in [-0.1, -0.05) is 255 Å². The van der Waals surface area contributed by atoms with Crippen LogP contribution in [0.3, 0.4) is 0 Å². The molecule has 13 heteroatoms. The third-order valence-corrected chi connectivity index (χ3v) is 17.7. The average molecular weight is 1160 g/mol. The number of aliphatic carboxylic acids is 2. The van der Waals surface area contributed by atoms with Crippen LogP contribution < -0.4 is 42.0 Å². The van der Waals surface area contributed by atoms with E-state index in [0.717, 1.165) is 0 Å². The molecule has 0 heterocycles. The minimum atomic E-state index is -5.19. The molecular formula is C64H42F6O4P2Pd. The van der Waals surface area contributed by atoms with E-state index in [-0.39, 0.29) is 20.4 Å². The quantitative estimate of drug-likeness (QED) is 0.0944. The van der Waals surface area contributed by atoms with Crippen LogP contribution in [0.4, 0.5) is 26.3 Å². The summed E-state index contributed by atoms with van der Waals surface area (Å²) in [6.45, 7) is 0. The van der Waals surface area contributed by atoms with Crippen molar-refractivity contribution in [2.24, 2.45) is 0 Å². The maximum atomic E-state index is 10.5. The van der Waals surface area contributed by atoms with Crippen molar-refractivity contribution >= 4 is 124 Å².